The van der Waals surface area contributed by atoms with Gasteiger partial charge in [0.15, 0.2) is 0 Å². The van der Waals surface area contributed by atoms with Crippen molar-refractivity contribution in [2.45, 2.75) is 80.7 Å². The van der Waals surface area contributed by atoms with Crippen LogP contribution in [0.15, 0.2) is 12.2 Å². The highest BCUT2D eigenvalue weighted by atomic mass is 32.2. The summed E-state index contributed by atoms with van der Waals surface area (Å²) in [7, 11) is 0. The number of nitrogens with one attached hydrogen (secondary N) is 1. The lowest BCUT2D eigenvalue weighted by Gasteiger charge is -2.44. The summed E-state index contributed by atoms with van der Waals surface area (Å²) in [5.41, 5.74) is -0.627. The number of hydrogen-bond donors (Lipinski definition) is 5. The van der Waals surface area contributed by atoms with E-state index in [1.807, 2.05) is 20.8 Å². The summed E-state index contributed by atoms with van der Waals surface area (Å²) >= 11 is 0.133. The monoisotopic (exact) mass is 494 g/mol. The van der Waals surface area contributed by atoms with Gasteiger partial charge in [0.1, 0.15) is 34.6 Å². The molecule has 3 aliphatic rings. The maximum atomic E-state index is 12.7. The zero-order valence-corrected chi connectivity index (χ0v) is 20.6. The molecular weight excluding hydrogens is 456 g/mol. The lowest BCUT2D eigenvalue weighted by atomic mass is 9.93. The molecular formula is C21H38N2O7S2. The van der Waals surface area contributed by atoms with Crippen LogP contribution in [0.1, 0.15) is 40.0 Å². The minimum atomic E-state index is -1.35. The molecule has 3 heterocycles. The van der Waals surface area contributed by atoms with Crippen molar-refractivity contribution in [1.29, 1.82) is 0 Å². The molecule has 11 heteroatoms. The minimum absolute atomic E-state index is 0.250. The minimum Gasteiger partial charge on any atom is -0.598 e. The van der Waals surface area contributed by atoms with Crippen molar-refractivity contribution in [2.24, 2.45) is 5.92 Å². The number of aliphatic hydroxyl groups excluding tert-OH is 3. The third-order valence-corrected chi connectivity index (χ3v) is 8.75. The first kappa shape index (κ1) is 27.9. The van der Waals surface area contributed by atoms with Gasteiger partial charge >= 0.3 is 0 Å². The largest absolute Gasteiger partial charge is 0.598 e. The van der Waals surface area contributed by atoms with Gasteiger partial charge in [-0.15, -0.1) is 16.5 Å². The number of fused-ring (bicyclic) bond motifs is 2. The van der Waals surface area contributed by atoms with E-state index < -0.39 is 52.0 Å². The van der Waals surface area contributed by atoms with Crippen molar-refractivity contribution in [3.05, 3.63) is 12.2 Å². The van der Waals surface area contributed by atoms with Gasteiger partial charge < -0.3 is 34.6 Å². The third-order valence-electron chi connectivity index (χ3n) is 5.78. The quantitative estimate of drug-likeness (QED) is 0.210. The SMILES string of the molecule is CC(C)(C)[S@@+]([O-])N[C@@H]1CC=C[C@@H](CN2CCCC2)CS[C@H]2O[C@H]1[C@H](O)[C@H](O)[C@H]2O.O=CO. The standard InChI is InChI=1S/C20H36N2O5S2.CH2O2/c1-20(2,3)29(26)21-14-8-6-7-13(11-22-9-4-5-10-22)12-28-19-17(25)15(23)16(24)18(14)27-19;2-1-3/h6-7,13-19,21,23-25H,4-5,8-12H2,1-3H3;1H,(H,2,3)/t13-,14+,15-,16+,17+,18+,19+,29+;/m0./s1. The number of rotatable bonds is 4. The van der Waals surface area contributed by atoms with E-state index in [2.05, 4.69) is 21.8 Å². The van der Waals surface area contributed by atoms with Crippen LogP contribution < -0.4 is 4.72 Å². The number of hydrogen-bond acceptors (Lipinski definition) is 9. The zero-order chi connectivity index (χ0) is 23.9. The average Bonchev–Trinajstić information content (AvgIpc) is 3.23. The van der Waals surface area contributed by atoms with Crippen LogP contribution in [0, 0.1) is 5.92 Å². The van der Waals surface area contributed by atoms with Crippen molar-refractivity contribution >= 4 is 29.6 Å². The first-order chi connectivity index (χ1) is 15.1. The van der Waals surface area contributed by atoms with E-state index in [-0.39, 0.29) is 6.47 Å². The second-order valence-corrected chi connectivity index (χ2v) is 12.5. The smallest absolute Gasteiger partial charge is 0.290 e. The van der Waals surface area contributed by atoms with Gasteiger partial charge in [0.2, 0.25) is 0 Å². The Bertz CT molecular complexity index is 601. The van der Waals surface area contributed by atoms with E-state index >= 15 is 0 Å². The van der Waals surface area contributed by atoms with Crippen LogP contribution in [0.4, 0.5) is 0 Å². The van der Waals surface area contributed by atoms with E-state index in [1.54, 1.807) is 0 Å². The van der Waals surface area contributed by atoms with E-state index in [1.165, 1.54) is 24.6 Å². The number of aliphatic hydroxyl groups is 3. The Morgan fingerprint density at radius 2 is 1.84 bits per heavy atom. The van der Waals surface area contributed by atoms with Gasteiger partial charge in [0.25, 0.3) is 6.47 Å². The number of nitrogens with zero attached hydrogens (tertiary/aromatic N) is 1. The molecule has 186 valence electrons. The van der Waals surface area contributed by atoms with Crippen LogP contribution in [0.2, 0.25) is 0 Å². The maximum Gasteiger partial charge on any atom is 0.290 e. The fourth-order valence-electron chi connectivity index (χ4n) is 4.01. The molecule has 0 aromatic rings. The van der Waals surface area contributed by atoms with E-state index in [0.717, 1.165) is 25.4 Å². The van der Waals surface area contributed by atoms with Crippen LogP contribution in [-0.4, -0.2) is 102 Å². The summed E-state index contributed by atoms with van der Waals surface area (Å²) in [5, 5.41) is 38.3. The fourth-order valence-corrected chi connectivity index (χ4v) is 6.09. The average molecular weight is 495 g/mol. The van der Waals surface area contributed by atoms with Gasteiger partial charge in [-0.25, -0.2) is 0 Å². The molecule has 9 nitrogen and oxygen atoms in total. The Kier molecular flexibility index (Phi) is 11.2. The van der Waals surface area contributed by atoms with E-state index in [0.29, 0.717) is 12.3 Å². The molecule has 0 amide bonds. The second-order valence-electron chi connectivity index (χ2n) is 9.42. The van der Waals surface area contributed by atoms with Crippen LogP contribution in [0.25, 0.3) is 0 Å². The Morgan fingerprint density at radius 1 is 1.22 bits per heavy atom. The molecule has 2 saturated heterocycles. The number of thioether (sulfide) groups is 1. The Labute approximate surface area is 197 Å². The third kappa shape index (κ3) is 7.85. The molecule has 5 N–H and O–H groups in total. The topological polar surface area (TPSA) is 146 Å². The summed E-state index contributed by atoms with van der Waals surface area (Å²) in [6.45, 7) is 8.61. The molecule has 0 aromatic heterocycles. The van der Waals surface area contributed by atoms with Crippen LogP contribution in [0.3, 0.4) is 0 Å². The van der Waals surface area contributed by atoms with E-state index in [9.17, 15) is 19.9 Å². The molecule has 0 saturated carbocycles. The Hall–Kier alpha value is -0.370. The summed E-state index contributed by atoms with van der Waals surface area (Å²) < 4.78 is 21.4. The normalized spacial score (nSPS) is 37.3. The van der Waals surface area contributed by atoms with Gasteiger partial charge in [-0.2, -0.15) is 0 Å². The van der Waals surface area contributed by atoms with Crippen LogP contribution in [0.5, 0.6) is 0 Å². The van der Waals surface area contributed by atoms with Crippen molar-refractivity contribution < 1.29 is 34.5 Å². The summed E-state index contributed by atoms with van der Waals surface area (Å²) in [6.07, 6.45) is 2.84. The number of carbonyl (C=O) groups is 1. The van der Waals surface area contributed by atoms with Crippen molar-refractivity contribution in [2.75, 3.05) is 25.4 Å². The maximum absolute atomic E-state index is 12.7. The molecule has 3 aliphatic heterocycles. The fraction of sp³-hybridized carbons (Fsp3) is 0.857. The van der Waals surface area contributed by atoms with Gasteiger partial charge in [0, 0.05) is 23.7 Å². The molecule has 3 rings (SSSR count). The highest BCUT2D eigenvalue weighted by Crippen LogP contribution is 2.33. The van der Waals surface area contributed by atoms with Crippen molar-refractivity contribution in [3.63, 3.8) is 0 Å². The number of ether oxygens (including phenoxy) is 1. The summed E-state index contributed by atoms with van der Waals surface area (Å²) in [5.74, 6) is 1.08. The van der Waals surface area contributed by atoms with Gasteiger partial charge in [-0.05, 0) is 59.0 Å². The predicted molar refractivity (Wildman–Crippen MR) is 126 cm³/mol. The molecule has 8 atom stereocenters. The molecule has 0 unspecified atom stereocenters. The van der Waals surface area contributed by atoms with E-state index in [4.69, 9.17) is 14.6 Å². The van der Waals surface area contributed by atoms with Crippen LogP contribution >= 0.6 is 11.8 Å². The highest BCUT2D eigenvalue weighted by molar-refractivity contribution is 7.99. The number of carboxylic acid groups (broad SMARTS) is 1. The lowest BCUT2D eigenvalue weighted by molar-refractivity contribution is -0.203. The molecule has 0 radical (unpaired) electrons. The summed E-state index contributed by atoms with van der Waals surface area (Å²) in [4.78, 5) is 10.8. The zero-order valence-electron chi connectivity index (χ0n) is 19.0. The molecule has 0 aliphatic carbocycles. The van der Waals surface area contributed by atoms with Crippen LogP contribution in [-0.2, 0) is 20.9 Å². The van der Waals surface area contributed by atoms with Crippen molar-refractivity contribution in [3.8, 4) is 0 Å². The Balaban J connectivity index is 0.00000114. The first-order valence-corrected chi connectivity index (χ1v) is 13.2. The van der Waals surface area contributed by atoms with Gasteiger partial charge in [-0.1, -0.05) is 12.2 Å². The predicted octanol–water partition coefficient (Wildman–Crippen LogP) is 0.320. The molecule has 0 spiro atoms. The van der Waals surface area contributed by atoms with Gasteiger partial charge in [-0.3, -0.25) is 4.79 Å². The second kappa shape index (κ2) is 12.9. The molecule has 2 bridgehead atoms. The lowest BCUT2D eigenvalue weighted by Crippen LogP contribution is -2.63. The molecule has 32 heavy (non-hydrogen) atoms. The molecule has 0 aromatic carbocycles. The molecule has 2 fully saturated rings. The first-order valence-electron chi connectivity index (χ1n) is 11.0. The number of likely N-dealkylation sites (tertiary alicyclic amines) is 1. The highest BCUT2D eigenvalue weighted by Gasteiger charge is 2.48. The Morgan fingerprint density at radius 3 is 2.44 bits per heavy atom. The van der Waals surface area contributed by atoms with Crippen molar-refractivity contribution in [1.82, 2.24) is 9.62 Å². The van der Waals surface area contributed by atoms with Gasteiger partial charge in [0.05, 0.1) is 6.04 Å². The summed E-state index contributed by atoms with van der Waals surface area (Å²) in [6, 6.07) is -0.433.